The van der Waals surface area contributed by atoms with Crippen LogP contribution in [0.3, 0.4) is 0 Å². The number of hydrogen-bond acceptors (Lipinski definition) is 4. The molecule has 4 heteroatoms. The van der Waals surface area contributed by atoms with Gasteiger partial charge in [-0.1, -0.05) is 30.3 Å². The van der Waals surface area contributed by atoms with E-state index in [0.29, 0.717) is 0 Å². The summed E-state index contributed by atoms with van der Waals surface area (Å²) >= 11 is 0. The number of carbonyl (C=O) groups excluding carboxylic acids is 3. The molecule has 0 radical (unpaired) electrons. The van der Waals surface area contributed by atoms with Crippen LogP contribution in [0.2, 0.25) is 0 Å². The summed E-state index contributed by atoms with van der Waals surface area (Å²) < 4.78 is 4.93. The number of Topliss-reactive ketones (excluding diaryl/α,β-unsaturated/α-hetero) is 2. The van der Waals surface area contributed by atoms with E-state index in [0.717, 1.165) is 5.56 Å². The summed E-state index contributed by atoms with van der Waals surface area (Å²) in [5.41, 5.74) is 0.812. The molecular formula is C13H14O4. The topological polar surface area (TPSA) is 60.4 Å². The monoisotopic (exact) mass is 234 g/mol. The van der Waals surface area contributed by atoms with Crippen molar-refractivity contribution < 1.29 is 19.1 Å². The van der Waals surface area contributed by atoms with E-state index in [1.165, 1.54) is 13.8 Å². The highest BCUT2D eigenvalue weighted by atomic mass is 16.5. The Hall–Kier alpha value is -1.97. The molecule has 0 fully saturated rings. The molecule has 0 aliphatic carbocycles. The van der Waals surface area contributed by atoms with E-state index in [1.807, 2.05) is 18.2 Å². The van der Waals surface area contributed by atoms with Crippen LogP contribution in [0, 0.1) is 5.92 Å². The molecule has 0 heterocycles. The molecule has 0 N–H and O–H groups in total. The Bertz CT molecular complexity index is 408. The fraction of sp³-hybridized carbons (Fsp3) is 0.308. The summed E-state index contributed by atoms with van der Waals surface area (Å²) in [7, 11) is 0. The molecule has 4 nitrogen and oxygen atoms in total. The molecule has 1 rings (SSSR count). The van der Waals surface area contributed by atoms with E-state index in [4.69, 9.17) is 4.74 Å². The van der Waals surface area contributed by atoms with Gasteiger partial charge in [0.1, 0.15) is 6.61 Å². The van der Waals surface area contributed by atoms with Gasteiger partial charge in [0.15, 0.2) is 17.5 Å². The van der Waals surface area contributed by atoms with Gasteiger partial charge in [-0.05, 0) is 19.4 Å². The molecule has 0 aliphatic heterocycles. The van der Waals surface area contributed by atoms with E-state index in [1.54, 1.807) is 12.1 Å². The Balaban J connectivity index is 2.60. The fourth-order valence-corrected chi connectivity index (χ4v) is 1.43. The smallest absolute Gasteiger partial charge is 0.324 e. The van der Waals surface area contributed by atoms with Crippen molar-refractivity contribution in [3.8, 4) is 0 Å². The third kappa shape index (κ3) is 3.83. The molecule has 0 atom stereocenters. The lowest BCUT2D eigenvalue weighted by atomic mass is 10.0. The molecular weight excluding hydrogens is 220 g/mol. The van der Waals surface area contributed by atoms with Crippen LogP contribution in [-0.4, -0.2) is 17.5 Å². The number of carbonyl (C=O) groups is 3. The second-order valence-corrected chi connectivity index (χ2v) is 3.75. The average Bonchev–Trinajstić information content (AvgIpc) is 2.27. The maximum atomic E-state index is 11.5. The maximum Gasteiger partial charge on any atom is 0.324 e. The number of benzene rings is 1. The number of rotatable bonds is 5. The maximum absolute atomic E-state index is 11.5. The molecule has 0 spiro atoms. The summed E-state index contributed by atoms with van der Waals surface area (Å²) in [4.78, 5) is 33.8. The minimum atomic E-state index is -1.29. The van der Waals surface area contributed by atoms with Crippen LogP contribution < -0.4 is 0 Å². The van der Waals surface area contributed by atoms with Gasteiger partial charge in [0.05, 0.1) is 0 Å². The molecule has 0 aromatic heterocycles. The van der Waals surface area contributed by atoms with Crippen LogP contribution in [-0.2, 0) is 25.7 Å². The van der Waals surface area contributed by atoms with E-state index in [2.05, 4.69) is 0 Å². The average molecular weight is 234 g/mol. The second kappa shape index (κ2) is 5.94. The van der Waals surface area contributed by atoms with Crippen LogP contribution in [0.5, 0.6) is 0 Å². The van der Waals surface area contributed by atoms with E-state index >= 15 is 0 Å². The van der Waals surface area contributed by atoms with Crippen LogP contribution in [0.4, 0.5) is 0 Å². The van der Waals surface area contributed by atoms with Gasteiger partial charge in [0, 0.05) is 0 Å². The number of ether oxygens (including phenoxy) is 1. The van der Waals surface area contributed by atoms with Crippen molar-refractivity contribution in [2.24, 2.45) is 5.92 Å². The Morgan fingerprint density at radius 1 is 1.06 bits per heavy atom. The molecule has 90 valence electrons. The zero-order valence-corrected chi connectivity index (χ0v) is 9.80. The third-order valence-corrected chi connectivity index (χ3v) is 2.27. The number of esters is 1. The van der Waals surface area contributed by atoms with Gasteiger partial charge < -0.3 is 4.74 Å². The Labute approximate surface area is 99.6 Å². The zero-order chi connectivity index (χ0) is 12.8. The first kappa shape index (κ1) is 13.1. The van der Waals surface area contributed by atoms with Crippen molar-refractivity contribution in [2.45, 2.75) is 20.5 Å². The molecule has 1 aromatic rings. The minimum Gasteiger partial charge on any atom is -0.460 e. The van der Waals surface area contributed by atoms with E-state index in [-0.39, 0.29) is 6.61 Å². The fourth-order valence-electron chi connectivity index (χ4n) is 1.43. The SMILES string of the molecule is CC(=O)C(C(C)=O)C(=O)OCc1ccccc1. The normalized spacial score (nSPS) is 10.1. The number of ketones is 2. The standard InChI is InChI=1S/C13H14O4/c1-9(14)12(10(2)15)13(16)17-8-11-6-4-3-5-7-11/h3-7,12H,8H2,1-2H3. The van der Waals surface area contributed by atoms with Crippen molar-refractivity contribution in [3.05, 3.63) is 35.9 Å². The molecule has 0 amide bonds. The van der Waals surface area contributed by atoms with Crippen molar-refractivity contribution in [3.63, 3.8) is 0 Å². The first-order valence-corrected chi connectivity index (χ1v) is 5.24. The van der Waals surface area contributed by atoms with Crippen LogP contribution in [0.25, 0.3) is 0 Å². The Morgan fingerprint density at radius 3 is 2.06 bits per heavy atom. The van der Waals surface area contributed by atoms with Crippen molar-refractivity contribution in [1.29, 1.82) is 0 Å². The van der Waals surface area contributed by atoms with Gasteiger partial charge in [-0.2, -0.15) is 0 Å². The molecule has 1 aromatic carbocycles. The molecule has 0 unspecified atom stereocenters. The third-order valence-electron chi connectivity index (χ3n) is 2.27. The lowest BCUT2D eigenvalue weighted by molar-refractivity contribution is -0.155. The molecule has 17 heavy (non-hydrogen) atoms. The largest absolute Gasteiger partial charge is 0.460 e. The van der Waals surface area contributed by atoms with Crippen LogP contribution in [0.1, 0.15) is 19.4 Å². The van der Waals surface area contributed by atoms with Crippen molar-refractivity contribution in [1.82, 2.24) is 0 Å². The van der Waals surface area contributed by atoms with Gasteiger partial charge in [-0.3, -0.25) is 14.4 Å². The van der Waals surface area contributed by atoms with Gasteiger partial charge in [-0.25, -0.2) is 0 Å². The summed E-state index contributed by atoms with van der Waals surface area (Å²) in [5.74, 6) is -3.06. The minimum absolute atomic E-state index is 0.0662. The van der Waals surface area contributed by atoms with Gasteiger partial charge in [0.25, 0.3) is 0 Å². The second-order valence-electron chi connectivity index (χ2n) is 3.75. The van der Waals surface area contributed by atoms with E-state index < -0.39 is 23.5 Å². The van der Waals surface area contributed by atoms with Crippen molar-refractivity contribution >= 4 is 17.5 Å². The first-order chi connectivity index (χ1) is 8.02. The van der Waals surface area contributed by atoms with Crippen LogP contribution in [0.15, 0.2) is 30.3 Å². The zero-order valence-electron chi connectivity index (χ0n) is 9.80. The summed E-state index contributed by atoms with van der Waals surface area (Å²) in [6.07, 6.45) is 0. The highest BCUT2D eigenvalue weighted by molar-refractivity contribution is 6.15. The summed E-state index contributed by atoms with van der Waals surface area (Å²) in [5, 5.41) is 0. The number of hydrogen-bond donors (Lipinski definition) is 0. The van der Waals surface area contributed by atoms with Crippen molar-refractivity contribution in [2.75, 3.05) is 0 Å². The van der Waals surface area contributed by atoms with Gasteiger partial charge in [0.2, 0.25) is 0 Å². The Kier molecular flexibility index (Phi) is 4.57. The predicted octanol–water partition coefficient (Wildman–Crippen LogP) is 1.52. The molecule has 0 bridgehead atoms. The van der Waals surface area contributed by atoms with Crippen LogP contribution >= 0.6 is 0 Å². The lowest BCUT2D eigenvalue weighted by Crippen LogP contribution is -2.30. The first-order valence-electron chi connectivity index (χ1n) is 5.24. The summed E-state index contributed by atoms with van der Waals surface area (Å²) in [6.45, 7) is 2.47. The molecule has 0 aliphatic rings. The molecule has 0 saturated heterocycles. The molecule has 0 saturated carbocycles. The highest BCUT2D eigenvalue weighted by Gasteiger charge is 2.29. The summed E-state index contributed by atoms with van der Waals surface area (Å²) in [6, 6.07) is 9.07. The van der Waals surface area contributed by atoms with E-state index in [9.17, 15) is 14.4 Å². The van der Waals surface area contributed by atoms with Gasteiger partial charge in [-0.15, -0.1) is 0 Å². The van der Waals surface area contributed by atoms with Gasteiger partial charge >= 0.3 is 5.97 Å². The lowest BCUT2D eigenvalue weighted by Gasteiger charge is -2.10. The Morgan fingerprint density at radius 2 is 1.59 bits per heavy atom. The highest BCUT2D eigenvalue weighted by Crippen LogP contribution is 2.07. The quantitative estimate of drug-likeness (QED) is 0.572. The predicted molar refractivity (Wildman–Crippen MR) is 61.1 cm³/mol.